The molecule has 1 aliphatic carbocycles. The SMILES string of the molecule is CCCO[Si](C)(C)C1CCCCC1. The van der Waals surface area contributed by atoms with Crippen molar-refractivity contribution < 1.29 is 4.43 Å². The lowest BCUT2D eigenvalue weighted by Crippen LogP contribution is -2.37. The smallest absolute Gasteiger partial charge is 0.189 e. The van der Waals surface area contributed by atoms with Gasteiger partial charge in [0.2, 0.25) is 0 Å². The molecule has 0 amide bonds. The largest absolute Gasteiger partial charge is 0.417 e. The van der Waals surface area contributed by atoms with E-state index in [-0.39, 0.29) is 0 Å². The van der Waals surface area contributed by atoms with Gasteiger partial charge in [0.15, 0.2) is 8.32 Å². The monoisotopic (exact) mass is 200 g/mol. The molecule has 13 heavy (non-hydrogen) atoms. The van der Waals surface area contributed by atoms with E-state index in [0.29, 0.717) is 0 Å². The van der Waals surface area contributed by atoms with Crippen LogP contribution in [0.5, 0.6) is 0 Å². The Morgan fingerprint density at radius 3 is 2.31 bits per heavy atom. The zero-order valence-corrected chi connectivity index (χ0v) is 10.4. The van der Waals surface area contributed by atoms with E-state index in [0.717, 1.165) is 12.1 Å². The van der Waals surface area contributed by atoms with Crippen LogP contribution >= 0.6 is 0 Å². The maximum Gasteiger partial charge on any atom is 0.189 e. The summed E-state index contributed by atoms with van der Waals surface area (Å²) in [5.74, 6) is 0. The summed E-state index contributed by atoms with van der Waals surface area (Å²) >= 11 is 0. The summed E-state index contributed by atoms with van der Waals surface area (Å²) in [5, 5.41) is 0. The van der Waals surface area contributed by atoms with Crippen molar-refractivity contribution in [3.05, 3.63) is 0 Å². The summed E-state index contributed by atoms with van der Waals surface area (Å²) in [6.07, 6.45) is 8.37. The van der Waals surface area contributed by atoms with Crippen LogP contribution < -0.4 is 0 Å². The Kier molecular flexibility index (Phi) is 4.46. The zero-order valence-electron chi connectivity index (χ0n) is 9.44. The second kappa shape index (κ2) is 5.16. The van der Waals surface area contributed by atoms with Crippen molar-refractivity contribution in [3.8, 4) is 0 Å². The predicted octanol–water partition coefficient (Wildman–Crippen LogP) is 3.95. The van der Waals surface area contributed by atoms with E-state index >= 15 is 0 Å². The van der Waals surface area contributed by atoms with Gasteiger partial charge in [-0.25, -0.2) is 0 Å². The molecule has 0 atom stereocenters. The first-order valence-corrected chi connectivity index (χ1v) is 8.79. The van der Waals surface area contributed by atoms with E-state index in [1.165, 1.54) is 38.5 Å². The molecule has 1 fully saturated rings. The summed E-state index contributed by atoms with van der Waals surface area (Å²) in [6.45, 7) is 7.98. The molecule has 0 unspecified atom stereocenters. The van der Waals surface area contributed by atoms with Gasteiger partial charge in [0.25, 0.3) is 0 Å². The van der Waals surface area contributed by atoms with Crippen molar-refractivity contribution in [2.24, 2.45) is 0 Å². The van der Waals surface area contributed by atoms with Crippen LogP contribution in [0.15, 0.2) is 0 Å². The molecular weight excluding hydrogens is 176 g/mol. The molecule has 0 aromatic carbocycles. The fraction of sp³-hybridized carbons (Fsp3) is 1.00. The van der Waals surface area contributed by atoms with Gasteiger partial charge in [-0.05, 0) is 25.1 Å². The average Bonchev–Trinajstić information content (AvgIpc) is 2.16. The topological polar surface area (TPSA) is 9.23 Å². The maximum absolute atomic E-state index is 6.06. The van der Waals surface area contributed by atoms with Gasteiger partial charge in [-0.15, -0.1) is 0 Å². The summed E-state index contributed by atoms with van der Waals surface area (Å²) < 4.78 is 6.06. The average molecular weight is 200 g/mol. The van der Waals surface area contributed by atoms with Gasteiger partial charge in [0.05, 0.1) is 0 Å². The van der Waals surface area contributed by atoms with Crippen molar-refractivity contribution in [1.29, 1.82) is 0 Å². The maximum atomic E-state index is 6.06. The normalized spacial score (nSPS) is 20.5. The van der Waals surface area contributed by atoms with E-state index in [4.69, 9.17) is 4.43 Å². The summed E-state index contributed by atoms with van der Waals surface area (Å²) in [6, 6.07) is 0. The molecule has 0 aromatic rings. The Morgan fingerprint density at radius 2 is 1.77 bits per heavy atom. The fourth-order valence-corrected chi connectivity index (χ4v) is 5.05. The zero-order chi connectivity index (χ0) is 9.73. The van der Waals surface area contributed by atoms with Crippen LogP contribution in [0.4, 0.5) is 0 Å². The first-order chi connectivity index (χ1) is 6.17. The highest BCUT2D eigenvalue weighted by Gasteiger charge is 2.33. The van der Waals surface area contributed by atoms with E-state index in [1.54, 1.807) is 0 Å². The van der Waals surface area contributed by atoms with Crippen LogP contribution in [0, 0.1) is 0 Å². The molecule has 78 valence electrons. The summed E-state index contributed by atoms with van der Waals surface area (Å²) in [4.78, 5) is 0. The molecule has 0 radical (unpaired) electrons. The van der Waals surface area contributed by atoms with E-state index < -0.39 is 8.32 Å². The highest BCUT2D eigenvalue weighted by atomic mass is 28.4. The second-order valence-electron chi connectivity index (χ2n) is 4.79. The van der Waals surface area contributed by atoms with E-state index in [2.05, 4.69) is 20.0 Å². The lowest BCUT2D eigenvalue weighted by atomic mass is 10.0. The lowest BCUT2D eigenvalue weighted by molar-refractivity contribution is 0.287. The van der Waals surface area contributed by atoms with Crippen LogP contribution in [0.2, 0.25) is 18.6 Å². The molecule has 1 nitrogen and oxygen atoms in total. The third-order valence-electron chi connectivity index (χ3n) is 3.27. The van der Waals surface area contributed by atoms with Gasteiger partial charge in [0.1, 0.15) is 0 Å². The minimum absolute atomic E-state index is 0.938. The molecule has 0 aromatic heterocycles. The van der Waals surface area contributed by atoms with E-state index in [1.807, 2.05) is 0 Å². The van der Waals surface area contributed by atoms with Crippen molar-refractivity contribution >= 4 is 8.32 Å². The molecule has 0 bridgehead atoms. The first-order valence-electron chi connectivity index (χ1n) is 5.81. The van der Waals surface area contributed by atoms with Gasteiger partial charge in [-0.3, -0.25) is 0 Å². The molecule has 0 heterocycles. The van der Waals surface area contributed by atoms with Crippen molar-refractivity contribution in [2.45, 2.75) is 64.1 Å². The third kappa shape index (κ3) is 3.43. The summed E-state index contributed by atoms with van der Waals surface area (Å²) in [5.41, 5.74) is 0.938. The molecule has 0 saturated heterocycles. The molecule has 1 rings (SSSR count). The highest BCUT2D eigenvalue weighted by Crippen LogP contribution is 2.37. The van der Waals surface area contributed by atoms with Gasteiger partial charge >= 0.3 is 0 Å². The van der Waals surface area contributed by atoms with Crippen LogP contribution in [-0.4, -0.2) is 14.9 Å². The Hall–Kier alpha value is 0.177. The van der Waals surface area contributed by atoms with E-state index in [9.17, 15) is 0 Å². The Labute approximate surface area is 84.0 Å². The molecular formula is C11H24OSi. The van der Waals surface area contributed by atoms with Crippen LogP contribution in [0.3, 0.4) is 0 Å². The Balaban J connectivity index is 2.36. The molecule has 1 aliphatic rings. The Morgan fingerprint density at radius 1 is 1.15 bits per heavy atom. The van der Waals surface area contributed by atoms with Gasteiger partial charge in [-0.2, -0.15) is 0 Å². The first kappa shape index (κ1) is 11.3. The molecule has 0 spiro atoms. The van der Waals surface area contributed by atoms with Crippen LogP contribution in [-0.2, 0) is 4.43 Å². The van der Waals surface area contributed by atoms with Crippen molar-refractivity contribution in [1.82, 2.24) is 0 Å². The number of hydrogen-bond acceptors (Lipinski definition) is 1. The van der Waals surface area contributed by atoms with Gasteiger partial charge in [-0.1, -0.05) is 39.0 Å². The third-order valence-corrected chi connectivity index (χ3v) is 6.76. The minimum Gasteiger partial charge on any atom is -0.417 e. The molecule has 0 N–H and O–H groups in total. The van der Waals surface area contributed by atoms with Crippen LogP contribution in [0.1, 0.15) is 45.4 Å². The Bertz CT molecular complexity index is 139. The second-order valence-corrected chi connectivity index (χ2v) is 9.10. The van der Waals surface area contributed by atoms with Gasteiger partial charge < -0.3 is 4.43 Å². The number of hydrogen-bond donors (Lipinski definition) is 0. The molecule has 1 saturated carbocycles. The summed E-state index contributed by atoms with van der Waals surface area (Å²) in [7, 11) is -1.32. The lowest BCUT2D eigenvalue weighted by Gasteiger charge is -2.34. The minimum atomic E-state index is -1.32. The molecule has 0 aliphatic heterocycles. The standard InChI is InChI=1S/C11H24OSi/c1-4-10-12-13(2,3)11-8-6-5-7-9-11/h11H,4-10H2,1-3H3. The fourth-order valence-electron chi connectivity index (χ4n) is 2.28. The quantitative estimate of drug-likeness (QED) is 0.624. The predicted molar refractivity (Wildman–Crippen MR) is 60.6 cm³/mol. The van der Waals surface area contributed by atoms with Crippen LogP contribution in [0.25, 0.3) is 0 Å². The molecule has 2 heteroatoms. The van der Waals surface area contributed by atoms with Gasteiger partial charge in [0, 0.05) is 6.61 Å². The van der Waals surface area contributed by atoms with Crippen molar-refractivity contribution in [2.75, 3.05) is 6.61 Å². The van der Waals surface area contributed by atoms with Crippen molar-refractivity contribution in [3.63, 3.8) is 0 Å². The number of rotatable bonds is 4. The highest BCUT2D eigenvalue weighted by molar-refractivity contribution is 6.72.